The van der Waals surface area contributed by atoms with Crippen LogP contribution in [0.3, 0.4) is 0 Å². The Labute approximate surface area is 126 Å². The number of amides is 1. The van der Waals surface area contributed by atoms with Crippen LogP contribution in [0.4, 0.5) is 5.69 Å². The molecule has 6 heteroatoms. The summed E-state index contributed by atoms with van der Waals surface area (Å²) in [6.07, 6.45) is 2.99. The minimum absolute atomic E-state index is 0.0650. The average molecular weight is 295 g/mol. The first-order chi connectivity index (χ1) is 10.1. The third-order valence-corrected chi connectivity index (χ3v) is 3.76. The molecule has 1 amide bonds. The molecule has 1 aromatic heterocycles. The SMILES string of the molecule is CCC(CC)(CN)C(=O)Nc1ccc(OCCOC)nc1. The molecule has 0 spiro atoms. The van der Waals surface area contributed by atoms with Gasteiger partial charge in [0.05, 0.1) is 23.9 Å². The largest absolute Gasteiger partial charge is 0.475 e. The monoisotopic (exact) mass is 295 g/mol. The number of hydrogen-bond acceptors (Lipinski definition) is 5. The fourth-order valence-electron chi connectivity index (χ4n) is 1.99. The zero-order valence-electron chi connectivity index (χ0n) is 13.0. The molecule has 0 saturated heterocycles. The Morgan fingerprint density at radius 1 is 1.33 bits per heavy atom. The van der Waals surface area contributed by atoms with Gasteiger partial charge in [0.2, 0.25) is 11.8 Å². The van der Waals surface area contributed by atoms with Crippen molar-refractivity contribution in [2.24, 2.45) is 11.1 Å². The number of nitrogens with zero attached hydrogens (tertiary/aromatic N) is 1. The molecule has 118 valence electrons. The minimum Gasteiger partial charge on any atom is -0.475 e. The van der Waals surface area contributed by atoms with Crippen molar-refractivity contribution in [3.63, 3.8) is 0 Å². The lowest BCUT2D eigenvalue weighted by Gasteiger charge is -2.28. The molecule has 1 heterocycles. The first-order valence-electron chi connectivity index (χ1n) is 7.21. The first-order valence-corrected chi connectivity index (χ1v) is 7.21. The van der Waals surface area contributed by atoms with Gasteiger partial charge in [0.25, 0.3) is 0 Å². The molecule has 0 aromatic carbocycles. The summed E-state index contributed by atoms with van der Waals surface area (Å²) in [6.45, 7) is 5.22. The molecular weight excluding hydrogens is 270 g/mol. The standard InChI is InChI=1S/C15H25N3O3/c1-4-15(5-2,11-16)14(19)18-12-6-7-13(17-10-12)21-9-8-20-3/h6-7,10H,4-5,8-9,11,16H2,1-3H3,(H,18,19). The Kier molecular flexibility index (Phi) is 7.11. The van der Waals surface area contributed by atoms with E-state index in [-0.39, 0.29) is 5.91 Å². The zero-order valence-corrected chi connectivity index (χ0v) is 13.0. The van der Waals surface area contributed by atoms with Gasteiger partial charge in [-0.1, -0.05) is 13.8 Å². The van der Waals surface area contributed by atoms with E-state index in [1.807, 2.05) is 13.8 Å². The number of nitrogens with one attached hydrogen (secondary N) is 1. The maximum Gasteiger partial charge on any atom is 0.231 e. The molecule has 0 atom stereocenters. The zero-order chi connectivity index (χ0) is 15.7. The maximum absolute atomic E-state index is 12.4. The van der Waals surface area contributed by atoms with Crippen molar-refractivity contribution in [3.8, 4) is 5.88 Å². The van der Waals surface area contributed by atoms with Crippen molar-refractivity contribution < 1.29 is 14.3 Å². The Morgan fingerprint density at radius 2 is 2.05 bits per heavy atom. The van der Waals surface area contributed by atoms with Crippen molar-refractivity contribution in [1.82, 2.24) is 4.98 Å². The van der Waals surface area contributed by atoms with Crippen molar-refractivity contribution in [1.29, 1.82) is 0 Å². The summed E-state index contributed by atoms with van der Waals surface area (Å²) >= 11 is 0. The van der Waals surface area contributed by atoms with Crippen molar-refractivity contribution in [3.05, 3.63) is 18.3 Å². The van der Waals surface area contributed by atoms with Gasteiger partial charge >= 0.3 is 0 Å². The van der Waals surface area contributed by atoms with E-state index >= 15 is 0 Å². The molecule has 0 aliphatic carbocycles. The van der Waals surface area contributed by atoms with Crippen molar-refractivity contribution in [2.75, 3.05) is 32.2 Å². The fraction of sp³-hybridized carbons (Fsp3) is 0.600. The summed E-state index contributed by atoms with van der Waals surface area (Å²) in [4.78, 5) is 16.5. The number of carbonyl (C=O) groups is 1. The third-order valence-electron chi connectivity index (χ3n) is 3.76. The molecule has 6 nitrogen and oxygen atoms in total. The summed E-state index contributed by atoms with van der Waals surface area (Å²) in [5.41, 5.74) is 5.88. The number of rotatable bonds is 9. The predicted octanol–water partition coefficient (Wildman–Crippen LogP) is 1.81. The third kappa shape index (κ3) is 4.68. The number of carbonyl (C=O) groups excluding carboxylic acids is 1. The summed E-state index contributed by atoms with van der Waals surface area (Å²) in [5, 5.41) is 2.87. The molecule has 0 bridgehead atoms. The van der Waals surface area contributed by atoms with Gasteiger partial charge in [0.15, 0.2) is 0 Å². The van der Waals surface area contributed by atoms with Gasteiger partial charge < -0.3 is 20.5 Å². The van der Waals surface area contributed by atoms with Crippen LogP contribution in [0.2, 0.25) is 0 Å². The van der Waals surface area contributed by atoms with E-state index < -0.39 is 5.41 Å². The quantitative estimate of drug-likeness (QED) is 0.679. The second kappa shape index (κ2) is 8.59. The number of hydrogen-bond donors (Lipinski definition) is 2. The van der Waals surface area contributed by atoms with Crippen LogP contribution in [0.15, 0.2) is 18.3 Å². The minimum atomic E-state index is -0.520. The van der Waals surface area contributed by atoms with Crippen LogP contribution in [0.25, 0.3) is 0 Å². The molecule has 21 heavy (non-hydrogen) atoms. The number of anilines is 1. The van der Waals surface area contributed by atoms with E-state index in [0.29, 0.717) is 44.2 Å². The normalized spacial score (nSPS) is 11.2. The molecule has 3 N–H and O–H groups in total. The second-order valence-corrected chi connectivity index (χ2v) is 4.87. The predicted molar refractivity (Wildman–Crippen MR) is 82.3 cm³/mol. The average Bonchev–Trinajstić information content (AvgIpc) is 2.51. The Hall–Kier alpha value is -1.66. The smallest absolute Gasteiger partial charge is 0.231 e. The number of methoxy groups -OCH3 is 1. The van der Waals surface area contributed by atoms with E-state index in [1.165, 1.54) is 0 Å². The molecule has 0 saturated carbocycles. The highest BCUT2D eigenvalue weighted by molar-refractivity contribution is 5.95. The summed E-state index contributed by atoms with van der Waals surface area (Å²) in [7, 11) is 1.61. The molecular formula is C15H25N3O3. The summed E-state index contributed by atoms with van der Waals surface area (Å²) < 4.78 is 10.3. The Balaban J connectivity index is 2.64. The maximum atomic E-state index is 12.4. The van der Waals surface area contributed by atoms with E-state index in [1.54, 1.807) is 25.4 Å². The van der Waals surface area contributed by atoms with Crippen LogP contribution in [-0.4, -0.2) is 37.8 Å². The summed E-state index contributed by atoms with van der Waals surface area (Å²) in [6, 6.07) is 3.48. The van der Waals surface area contributed by atoms with Crippen LogP contribution in [-0.2, 0) is 9.53 Å². The lowest BCUT2D eigenvalue weighted by Crippen LogP contribution is -2.41. The molecule has 0 aliphatic rings. The molecule has 0 fully saturated rings. The van der Waals surface area contributed by atoms with Crippen LogP contribution < -0.4 is 15.8 Å². The summed E-state index contributed by atoms with van der Waals surface area (Å²) in [5.74, 6) is 0.436. The molecule has 1 aromatic rings. The van der Waals surface area contributed by atoms with Gasteiger partial charge in [-0.2, -0.15) is 0 Å². The first kappa shape index (κ1) is 17.4. The van der Waals surface area contributed by atoms with Gasteiger partial charge in [-0.25, -0.2) is 4.98 Å². The molecule has 1 rings (SSSR count). The Morgan fingerprint density at radius 3 is 2.52 bits per heavy atom. The van der Waals surface area contributed by atoms with Gasteiger partial charge in [0, 0.05) is 19.7 Å². The highest BCUT2D eigenvalue weighted by atomic mass is 16.5. The van der Waals surface area contributed by atoms with Gasteiger partial charge in [-0.05, 0) is 18.9 Å². The molecule has 0 unspecified atom stereocenters. The van der Waals surface area contributed by atoms with E-state index in [2.05, 4.69) is 10.3 Å². The van der Waals surface area contributed by atoms with Gasteiger partial charge in [-0.3, -0.25) is 4.79 Å². The topological polar surface area (TPSA) is 86.5 Å². The van der Waals surface area contributed by atoms with E-state index in [4.69, 9.17) is 15.2 Å². The van der Waals surface area contributed by atoms with E-state index in [0.717, 1.165) is 0 Å². The number of ether oxygens (including phenoxy) is 2. The van der Waals surface area contributed by atoms with Gasteiger partial charge in [0.1, 0.15) is 6.61 Å². The highest BCUT2D eigenvalue weighted by Crippen LogP contribution is 2.27. The lowest BCUT2D eigenvalue weighted by atomic mass is 9.81. The number of aromatic nitrogens is 1. The molecule has 0 aliphatic heterocycles. The second-order valence-electron chi connectivity index (χ2n) is 4.87. The van der Waals surface area contributed by atoms with Crippen LogP contribution in [0, 0.1) is 5.41 Å². The Bertz CT molecular complexity index is 422. The van der Waals surface area contributed by atoms with E-state index in [9.17, 15) is 4.79 Å². The number of pyridine rings is 1. The number of nitrogens with two attached hydrogens (primary N) is 1. The fourth-order valence-corrected chi connectivity index (χ4v) is 1.99. The van der Waals surface area contributed by atoms with Crippen LogP contribution in [0.1, 0.15) is 26.7 Å². The van der Waals surface area contributed by atoms with Crippen molar-refractivity contribution in [2.45, 2.75) is 26.7 Å². The van der Waals surface area contributed by atoms with Crippen molar-refractivity contribution >= 4 is 11.6 Å². The lowest BCUT2D eigenvalue weighted by molar-refractivity contribution is -0.125. The van der Waals surface area contributed by atoms with Crippen LogP contribution in [0.5, 0.6) is 5.88 Å². The van der Waals surface area contributed by atoms with Crippen LogP contribution >= 0.6 is 0 Å². The van der Waals surface area contributed by atoms with Gasteiger partial charge in [-0.15, -0.1) is 0 Å². The highest BCUT2D eigenvalue weighted by Gasteiger charge is 2.33. The molecule has 0 radical (unpaired) electrons.